The van der Waals surface area contributed by atoms with Gasteiger partial charge in [-0.05, 0) is 49.6 Å². The van der Waals surface area contributed by atoms with E-state index in [9.17, 15) is 4.79 Å². The summed E-state index contributed by atoms with van der Waals surface area (Å²) in [5, 5.41) is 6.18. The Morgan fingerprint density at radius 3 is 2.57 bits per heavy atom. The predicted octanol–water partition coefficient (Wildman–Crippen LogP) is 4.66. The summed E-state index contributed by atoms with van der Waals surface area (Å²) in [7, 11) is 1.62. The Labute approximate surface area is 165 Å². The summed E-state index contributed by atoms with van der Waals surface area (Å²) < 4.78 is 5.40. The molecule has 1 amide bonds. The second-order valence-electron chi connectivity index (χ2n) is 6.48. The molecule has 0 atom stereocenters. The Morgan fingerprint density at radius 2 is 1.82 bits per heavy atom. The minimum Gasteiger partial charge on any atom is -0.495 e. The molecule has 2 aromatic carbocycles. The minimum absolute atomic E-state index is 0.273. The fraction of sp³-hybridized carbons (Fsp3) is 0.227. The van der Waals surface area contributed by atoms with Crippen LogP contribution in [0.25, 0.3) is 0 Å². The van der Waals surface area contributed by atoms with Crippen molar-refractivity contribution in [3.8, 4) is 5.75 Å². The van der Waals surface area contributed by atoms with E-state index in [4.69, 9.17) is 4.74 Å². The molecule has 1 aromatic heterocycles. The number of para-hydroxylation sites is 1. The summed E-state index contributed by atoms with van der Waals surface area (Å²) in [5.74, 6) is 1.46. The second-order valence-corrected chi connectivity index (χ2v) is 6.48. The number of hydrogen-bond donors (Lipinski definition) is 2. The number of benzene rings is 2. The van der Waals surface area contributed by atoms with E-state index in [1.807, 2.05) is 49.4 Å². The zero-order valence-electron chi connectivity index (χ0n) is 16.5. The smallest absolute Gasteiger partial charge is 0.274 e. The van der Waals surface area contributed by atoms with Crippen molar-refractivity contribution in [2.24, 2.45) is 0 Å². The average molecular weight is 376 g/mol. The highest BCUT2D eigenvalue weighted by molar-refractivity contribution is 6.03. The predicted molar refractivity (Wildman–Crippen MR) is 112 cm³/mol. The van der Waals surface area contributed by atoms with Crippen LogP contribution in [-0.4, -0.2) is 23.0 Å². The van der Waals surface area contributed by atoms with Crippen LogP contribution in [0.2, 0.25) is 0 Å². The van der Waals surface area contributed by atoms with Gasteiger partial charge in [-0.1, -0.05) is 31.2 Å². The number of amides is 1. The van der Waals surface area contributed by atoms with E-state index in [0.717, 1.165) is 28.9 Å². The number of aryl methyl sites for hydroxylation is 3. The third-order valence-electron chi connectivity index (χ3n) is 4.33. The number of methoxy groups -OCH3 is 1. The van der Waals surface area contributed by atoms with E-state index in [-0.39, 0.29) is 5.91 Å². The summed E-state index contributed by atoms with van der Waals surface area (Å²) >= 11 is 0. The van der Waals surface area contributed by atoms with Crippen LogP contribution in [-0.2, 0) is 6.42 Å². The third-order valence-corrected chi connectivity index (χ3v) is 4.33. The van der Waals surface area contributed by atoms with Crippen molar-refractivity contribution >= 4 is 23.1 Å². The summed E-state index contributed by atoms with van der Waals surface area (Å²) in [5.41, 5.74) is 4.03. The van der Waals surface area contributed by atoms with Gasteiger partial charge in [-0.25, -0.2) is 9.97 Å². The van der Waals surface area contributed by atoms with Crippen molar-refractivity contribution in [1.82, 2.24) is 9.97 Å². The zero-order chi connectivity index (χ0) is 20.1. The molecule has 0 spiro atoms. The first-order valence-electron chi connectivity index (χ1n) is 9.16. The summed E-state index contributed by atoms with van der Waals surface area (Å²) in [4.78, 5) is 21.5. The highest BCUT2D eigenvalue weighted by Crippen LogP contribution is 2.28. The Balaban J connectivity index is 1.87. The van der Waals surface area contributed by atoms with Gasteiger partial charge in [0.05, 0.1) is 12.8 Å². The molecule has 0 saturated heterocycles. The molecule has 0 saturated carbocycles. The standard InChI is InChI=1S/C22H24N4O2/c1-5-16-8-6-7-9-17(16)26-22(27)19-13-21(24-15(3)23-19)25-18-12-14(2)10-11-20(18)28-4/h6-13H,5H2,1-4H3,(H,26,27)(H,23,24,25). The molecule has 0 bridgehead atoms. The molecule has 0 unspecified atom stereocenters. The van der Waals surface area contributed by atoms with Crippen LogP contribution in [0.15, 0.2) is 48.5 Å². The van der Waals surface area contributed by atoms with E-state index < -0.39 is 0 Å². The van der Waals surface area contributed by atoms with Gasteiger partial charge in [-0.2, -0.15) is 0 Å². The van der Waals surface area contributed by atoms with E-state index in [2.05, 4.69) is 27.5 Å². The Hall–Kier alpha value is -3.41. The van der Waals surface area contributed by atoms with Gasteiger partial charge >= 0.3 is 0 Å². The van der Waals surface area contributed by atoms with Gasteiger partial charge in [0.1, 0.15) is 23.1 Å². The molecule has 6 nitrogen and oxygen atoms in total. The number of hydrogen-bond acceptors (Lipinski definition) is 5. The molecule has 144 valence electrons. The fourth-order valence-electron chi connectivity index (χ4n) is 2.94. The second kappa shape index (κ2) is 8.52. The Morgan fingerprint density at radius 1 is 1.04 bits per heavy atom. The van der Waals surface area contributed by atoms with Crippen molar-refractivity contribution < 1.29 is 9.53 Å². The van der Waals surface area contributed by atoms with Gasteiger partial charge in [0.25, 0.3) is 5.91 Å². The summed E-state index contributed by atoms with van der Waals surface area (Å²) in [6, 6.07) is 15.2. The van der Waals surface area contributed by atoms with E-state index in [0.29, 0.717) is 23.1 Å². The van der Waals surface area contributed by atoms with Crippen LogP contribution in [0.1, 0.15) is 34.4 Å². The average Bonchev–Trinajstić information content (AvgIpc) is 2.68. The van der Waals surface area contributed by atoms with Crippen molar-refractivity contribution in [2.45, 2.75) is 27.2 Å². The number of nitrogens with one attached hydrogen (secondary N) is 2. The lowest BCUT2D eigenvalue weighted by Gasteiger charge is -2.13. The maximum atomic E-state index is 12.8. The van der Waals surface area contributed by atoms with Crippen molar-refractivity contribution in [2.75, 3.05) is 17.7 Å². The fourth-order valence-corrected chi connectivity index (χ4v) is 2.94. The quantitative estimate of drug-likeness (QED) is 0.654. The highest BCUT2D eigenvalue weighted by atomic mass is 16.5. The summed E-state index contributed by atoms with van der Waals surface area (Å²) in [6.07, 6.45) is 0.833. The van der Waals surface area contributed by atoms with Crippen LogP contribution < -0.4 is 15.4 Å². The first-order valence-corrected chi connectivity index (χ1v) is 9.16. The van der Waals surface area contributed by atoms with Crippen molar-refractivity contribution in [3.63, 3.8) is 0 Å². The molecule has 0 radical (unpaired) electrons. The Kier molecular flexibility index (Phi) is 5.89. The number of carbonyl (C=O) groups excluding carboxylic acids is 1. The normalized spacial score (nSPS) is 10.4. The molecule has 1 heterocycles. The molecule has 28 heavy (non-hydrogen) atoms. The van der Waals surface area contributed by atoms with E-state index in [1.165, 1.54) is 0 Å². The molecule has 0 fully saturated rings. The highest BCUT2D eigenvalue weighted by Gasteiger charge is 2.13. The van der Waals surface area contributed by atoms with E-state index >= 15 is 0 Å². The van der Waals surface area contributed by atoms with Crippen LogP contribution in [0.3, 0.4) is 0 Å². The molecule has 0 aliphatic rings. The number of aromatic nitrogens is 2. The summed E-state index contributed by atoms with van der Waals surface area (Å²) in [6.45, 7) is 5.81. The van der Waals surface area contributed by atoms with Crippen LogP contribution >= 0.6 is 0 Å². The van der Waals surface area contributed by atoms with Gasteiger partial charge in [-0.15, -0.1) is 0 Å². The van der Waals surface area contributed by atoms with Gasteiger partial charge in [0, 0.05) is 11.8 Å². The largest absolute Gasteiger partial charge is 0.495 e. The number of ether oxygens (including phenoxy) is 1. The molecule has 6 heteroatoms. The van der Waals surface area contributed by atoms with Crippen molar-refractivity contribution in [1.29, 1.82) is 0 Å². The van der Waals surface area contributed by atoms with Gasteiger partial charge in [0.15, 0.2) is 0 Å². The SMILES string of the molecule is CCc1ccccc1NC(=O)c1cc(Nc2cc(C)ccc2OC)nc(C)n1. The lowest BCUT2D eigenvalue weighted by molar-refractivity contribution is 0.102. The van der Waals surface area contributed by atoms with Crippen LogP contribution in [0.5, 0.6) is 5.75 Å². The number of anilines is 3. The molecular formula is C22H24N4O2. The molecule has 3 aromatic rings. The maximum Gasteiger partial charge on any atom is 0.274 e. The first-order chi connectivity index (χ1) is 13.5. The molecule has 0 aliphatic carbocycles. The minimum atomic E-state index is -0.273. The molecule has 2 N–H and O–H groups in total. The van der Waals surface area contributed by atoms with Crippen LogP contribution in [0.4, 0.5) is 17.2 Å². The number of nitrogens with zero attached hydrogens (tertiary/aromatic N) is 2. The lowest BCUT2D eigenvalue weighted by atomic mass is 10.1. The van der Waals surface area contributed by atoms with Gasteiger partial charge < -0.3 is 15.4 Å². The topological polar surface area (TPSA) is 76.1 Å². The van der Waals surface area contributed by atoms with Crippen molar-refractivity contribution in [3.05, 3.63) is 71.2 Å². The third kappa shape index (κ3) is 4.46. The zero-order valence-corrected chi connectivity index (χ0v) is 16.5. The van der Waals surface area contributed by atoms with E-state index in [1.54, 1.807) is 20.1 Å². The first kappa shape index (κ1) is 19.4. The number of carbonyl (C=O) groups is 1. The molecule has 0 aliphatic heterocycles. The van der Waals surface area contributed by atoms with Gasteiger partial charge in [-0.3, -0.25) is 4.79 Å². The van der Waals surface area contributed by atoms with Gasteiger partial charge in [0.2, 0.25) is 0 Å². The van der Waals surface area contributed by atoms with Crippen LogP contribution in [0, 0.1) is 13.8 Å². The lowest BCUT2D eigenvalue weighted by Crippen LogP contribution is -2.16. The number of rotatable bonds is 6. The molecular weight excluding hydrogens is 352 g/mol. The maximum absolute atomic E-state index is 12.8. The molecule has 3 rings (SSSR count). The Bertz CT molecular complexity index is 1000. The monoisotopic (exact) mass is 376 g/mol.